The van der Waals surface area contributed by atoms with Gasteiger partial charge < -0.3 is 14.6 Å². The molecule has 0 radical (unpaired) electrons. The lowest BCUT2D eigenvalue weighted by Gasteiger charge is -2.35. The third-order valence-electron chi connectivity index (χ3n) is 4.91. The van der Waals surface area contributed by atoms with Gasteiger partial charge in [-0.05, 0) is 49.2 Å². The van der Waals surface area contributed by atoms with Crippen LogP contribution in [0.5, 0.6) is 0 Å². The largest absolute Gasteiger partial charge is 0.464 e. The van der Waals surface area contributed by atoms with Crippen molar-refractivity contribution in [3.8, 4) is 11.3 Å². The average molecular weight is 358 g/mol. The summed E-state index contributed by atoms with van der Waals surface area (Å²) in [5, 5.41) is 4.80. The zero-order chi connectivity index (χ0) is 17.3. The summed E-state index contributed by atoms with van der Waals surface area (Å²) in [5.74, 6) is 1.08. The molecule has 6 heteroatoms. The van der Waals surface area contributed by atoms with Gasteiger partial charge in [0.15, 0.2) is 9.84 Å². The number of nitrogens with one attached hydrogen (secondary N) is 1. The van der Waals surface area contributed by atoms with Gasteiger partial charge in [0.2, 0.25) is 0 Å². The number of piperidine rings is 1. The van der Waals surface area contributed by atoms with Crippen molar-refractivity contribution in [2.24, 2.45) is 0 Å². The second kappa shape index (κ2) is 6.69. The Morgan fingerprint density at radius 2 is 1.84 bits per heavy atom. The van der Waals surface area contributed by atoms with Crippen LogP contribution in [0, 0.1) is 0 Å². The van der Waals surface area contributed by atoms with Crippen LogP contribution in [0.1, 0.15) is 12.8 Å². The summed E-state index contributed by atoms with van der Waals surface area (Å²) in [6.45, 7) is 1.95. The predicted octanol–water partition coefficient (Wildman–Crippen LogP) is 2.82. The smallest absolute Gasteiger partial charge is 0.173 e. The van der Waals surface area contributed by atoms with Gasteiger partial charge in [-0.25, -0.2) is 8.42 Å². The molecule has 2 aliphatic heterocycles. The fraction of sp³-hybridized carbons (Fsp3) is 0.368. The van der Waals surface area contributed by atoms with E-state index in [-0.39, 0.29) is 11.8 Å². The lowest BCUT2D eigenvalue weighted by molar-refractivity contribution is 0.401. The maximum absolute atomic E-state index is 11.5. The van der Waals surface area contributed by atoms with Crippen LogP contribution in [0.15, 0.2) is 58.6 Å². The Bertz CT molecular complexity index is 833. The Hall–Kier alpha value is -2.05. The van der Waals surface area contributed by atoms with Gasteiger partial charge in [0.05, 0.1) is 12.0 Å². The molecule has 0 saturated carbocycles. The molecule has 132 valence electrons. The van der Waals surface area contributed by atoms with Crippen LogP contribution in [0.4, 0.5) is 5.69 Å². The number of benzene rings is 1. The van der Waals surface area contributed by atoms with Gasteiger partial charge in [-0.15, -0.1) is 0 Å². The molecule has 0 bridgehead atoms. The zero-order valence-corrected chi connectivity index (χ0v) is 14.8. The first kappa shape index (κ1) is 16.4. The summed E-state index contributed by atoms with van der Waals surface area (Å²) in [6, 6.07) is 12.7. The highest BCUT2D eigenvalue weighted by Gasteiger charge is 2.26. The molecule has 0 amide bonds. The van der Waals surface area contributed by atoms with Crippen molar-refractivity contribution in [1.29, 1.82) is 0 Å². The molecular formula is C19H22N2O3S. The molecule has 1 fully saturated rings. The van der Waals surface area contributed by atoms with Crippen molar-refractivity contribution >= 4 is 15.5 Å². The molecular weight excluding hydrogens is 336 g/mol. The highest BCUT2D eigenvalue weighted by atomic mass is 32.2. The van der Waals surface area contributed by atoms with Crippen molar-refractivity contribution in [3.05, 3.63) is 54.1 Å². The molecule has 0 unspecified atom stereocenters. The molecule has 1 aromatic heterocycles. The van der Waals surface area contributed by atoms with Crippen LogP contribution in [-0.4, -0.2) is 39.3 Å². The summed E-state index contributed by atoms with van der Waals surface area (Å²) in [7, 11) is -2.98. The van der Waals surface area contributed by atoms with Gasteiger partial charge in [0.25, 0.3) is 0 Å². The summed E-state index contributed by atoms with van der Waals surface area (Å²) >= 11 is 0. The van der Waals surface area contributed by atoms with Gasteiger partial charge in [-0.1, -0.05) is 6.08 Å². The van der Waals surface area contributed by atoms with E-state index in [0.29, 0.717) is 6.04 Å². The van der Waals surface area contributed by atoms with Crippen LogP contribution < -0.4 is 10.2 Å². The second-order valence-electron chi connectivity index (χ2n) is 6.72. The first-order chi connectivity index (χ1) is 12.1. The Balaban J connectivity index is 1.32. The normalized spacial score (nSPS) is 23.2. The minimum Gasteiger partial charge on any atom is -0.464 e. The number of anilines is 1. The summed E-state index contributed by atoms with van der Waals surface area (Å²) < 4.78 is 28.4. The number of nitrogens with zero attached hydrogens (tertiary/aromatic N) is 1. The summed E-state index contributed by atoms with van der Waals surface area (Å²) in [4.78, 5) is 2.38. The first-order valence-corrected chi connectivity index (χ1v) is 10.4. The third-order valence-corrected chi connectivity index (χ3v) is 6.31. The molecule has 0 aliphatic carbocycles. The number of hydrogen-bond donors (Lipinski definition) is 1. The van der Waals surface area contributed by atoms with E-state index >= 15 is 0 Å². The molecule has 1 aromatic carbocycles. The fourth-order valence-corrected chi connectivity index (χ4v) is 4.81. The molecule has 1 N–H and O–H groups in total. The van der Waals surface area contributed by atoms with Crippen LogP contribution >= 0.6 is 0 Å². The van der Waals surface area contributed by atoms with Crippen molar-refractivity contribution in [2.75, 3.05) is 23.7 Å². The molecule has 2 aliphatic rings. The van der Waals surface area contributed by atoms with Crippen molar-refractivity contribution in [2.45, 2.75) is 24.9 Å². The Morgan fingerprint density at radius 3 is 2.44 bits per heavy atom. The maximum Gasteiger partial charge on any atom is 0.173 e. The number of rotatable bonds is 4. The van der Waals surface area contributed by atoms with E-state index in [0.717, 1.165) is 37.3 Å². The maximum atomic E-state index is 11.5. The number of sulfone groups is 1. The van der Waals surface area contributed by atoms with Gasteiger partial charge >= 0.3 is 0 Å². The zero-order valence-electron chi connectivity index (χ0n) is 14.0. The molecule has 1 saturated heterocycles. The Kier molecular flexibility index (Phi) is 4.39. The fourth-order valence-electron chi connectivity index (χ4n) is 3.57. The van der Waals surface area contributed by atoms with Crippen LogP contribution in [0.2, 0.25) is 0 Å². The monoisotopic (exact) mass is 358 g/mol. The quantitative estimate of drug-likeness (QED) is 0.911. The SMILES string of the molecule is O=S1(=O)C=C[C@H](NC2CCN(c3ccc(-c4ccco4)cc3)CC2)C1. The van der Waals surface area contributed by atoms with Crippen molar-refractivity contribution in [3.63, 3.8) is 0 Å². The van der Waals surface area contributed by atoms with E-state index in [1.54, 1.807) is 12.3 Å². The molecule has 0 spiro atoms. The van der Waals surface area contributed by atoms with E-state index in [1.165, 1.54) is 11.1 Å². The standard InChI is InChI=1S/C19H22N2O3S/c22-25(23)13-9-17(14-25)20-16-7-10-21(11-8-16)18-5-3-15(4-6-18)19-2-1-12-24-19/h1-6,9,12-13,16-17,20H,7-8,10-11,14H2/t17-/m0/s1. The summed E-state index contributed by atoms with van der Waals surface area (Å²) in [5.41, 5.74) is 2.30. The van der Waals surface area contributed by atoms with Crippen LogP contribution in [0.3, 0.4) is 0 Å². The van der Waals surface area contributed by atoms with E-state index in [9.17, 15) is 8.42 Å². The van der Waals surface area contributed by atoms with E-state index in [4.69, 9.17) is 4.42 Å². The highest BCUT2D eigenvalue weighted by Crippen LogP contribution is 2.25. The topological polar surface area (TPSA) is 62.6 Å². The van der Waals surface area contributed by atoms with Crippen LogP contribution in [-0.2, 0) is 9.84 Å². The molecule has 1 atom stereocenters. The minimum atomic E-state index is -2.98. The van der Waals surface area contributed by atoms with Gasteiger partial charge in [0.1, 0.15) is 5.76 Å². The van der Waals surface area contributed by atoms with E-state index in [1.807, 2.05) is 12.1 Å². The van der Waals surface area contributed by atoms with E-state index < -0.39 is 9.84 Å². The van der Waals surface area contributed by atoms with Crippen molar-refractivity contribution in [1.82, 2.24) is 5.32 Å². The second-order valence-corrected chi connectivity index (χ2v) is 8.65. The lowest BCUT2D eigenvalue weighted by Crippen LogP contribution is -2.46. The van der Waals surface area contributed by atoms with Gasteiger partial charge in [-0.3, -0.25) is 0 Å². The molecule has 5 nitrogen and oxygen atoms in total. The number of hydrogen-bond acceptors (Lipinski definition) is 5. The van der Waals surface area contributed by atoms with Crippen molar-refractivity contribution < 1.29 is 12.8 Å². The Morgan fingerprint density at radius 1 is 1.08 bits per heavy atom. The molecule has 25 heavy (non-hydrogen) atoms. The first-order valence-electron chi connectivity index (χ1n) is 8.65. The highest BCUT2D eigenvalue weighted by molar-refractivity contribution is 7.94. The predicted molar refractivity (Wildman–Crippen MR) is 99.2 cm³/mol. The minimum absolute atomic E-state index is 0.0332. The average Bonchev–Trinajstić information content (AvgIpc) is 3.26. The van der Waals surface area contributed by atoms with Crippen LogP contribution in [0.25, 0.3) is 11.3 Å². The van der Waals surface area contributed by atoms with Gasteiger partial charge in [0, 0.05) is 41.8 Å². The lowest BCUT2D eigenvalue weighted by atomic mass is 10.0. The summed E-state index contributed by atoms with van der Waals surface area (Å²) in [6.07, 6.45) is 5.50. The number of furan rings is 1. The van der Waals surface area contributed by atoms with E-state index in [2.05, 4.69) is 34.5 Å². The molecule has 2 aromatic rings. The van der Waals surface area contributed by atoms with Gasteiger partial charge in [-0.2, -0.15) is 0 Å². The molecule has 3 heterocycles. The molecule has 4 rings (SSSR count). The third kappa shape index (κ3) is 3.80. The Labute approximate surface area is 148 Å².